The number of nitrogens with one attached hydrogen (secondary N) is 1. The van der Waals surface area contributed by atoms with Gasteiger partial charge in [-0.05, 0) is 43.7 Å². The summed E-state index contributed by atoms with van der Waals surface area (Å²) < 4.78 is 6.07. The molecule has 4 heteroatoms. The maximum absolute atomic E-state index is 7.76. The SMILES string of the molecule is CC1CCC(Oc2nc3ccccc3cc2C(=N)N)CC1. The number of fused-ring (bicyclic) bond motifs is 1. The maximum Gasteiger partial charge on any atom is 0.225 e. The summed E-state index contributed by atoms with van der Waals surface area (Å²) in [5, 5.41) is 8.74. The summed E-state index contributed by atoms with van der Waals surface area (Å²) in [5.41, 5.74) is 7.16. The van der Waals surface area contributed by atoms with E-state index in [0.717, 1.165) is 29.7 Å². The number of para-hydroxylation sites is 1. The molecule has 1 aromatic carbocycles. The van der Waals surface area contributed by atoms with Crippen LogP contribution in [0, 0.1) is 11.3 Å². The Hall–Kier alpha value is -2.10. The summed E-state index contributed by atoms with van der Waals surface area (Å²) >= 11 is 0. The number of rotatable bonds is 3. The number of nitrogen functional groups attached to an aromatic ring is 1. The number of nitrogens with zero attached hydrogens (tertiary/aromatic N) is 1. The lowest BCUT2D eigenvalue weighted by atomic mass is 9.89. The van der Waals surface area contributed by atoms with Gasteiger partial charge in [0.15, 0.2) is 0 Å². The lowest BCUT2D eigenvalue weighted by molar-refractivity contribution is 0.130. The van der Waals surface area contributed by atoms with Gasteiger partial charge in [0.1, 0.15) is 11.9 Å². The van der Waals surface area contributed by atoms with E-state index >= 15 is 0 Å². The molecule has 1 heterocycles. The van der Waals surface area contributed by atoms with E-state index in [0.29, 0.717) is 11.4 Å². The third-order valence-corrected chi connectivity index (χ3v) is 4.22. The van der Waals surface area contributed by atoms with E-state index in [4.69, 9.17) is 15.9 Å². The van der Waals surface area contributed by atoms with Gasteiger partial charge in [-0.25, -0.2) is 4.98 Å². The summed E-state index contributed by atoms with van der Waals surface area (Å²) in [5.74, 6) is 1.29. The van der Waals surface area contributed by atoms with Gasteiger partial charge < -0.3 is 10.5 Å². The highest BCUT2D eigenvalue weighted by atomic mass is 16.5. The molecule has 3 rings (SSSR count). The molecule has 0 amide bonds. The Morgan fingerprint density at radius 2 is 1.95 bits per heavy atom. The molecule has 21 heavy (non-hydrogen) atoms. The quantitative estimate of drug-likeness (QED) is 0.669. The van der Waals surface area contributed by atoms with Crippen molar-refractivity contribution in [3.05, 3.63) is 35.9 Å². The maximum atomic E-state index is 7.76. The van der Waals surface area contributed by atoms with Crippen LogP contribution in [0.1, 0.15) is 38.2 Å². The van der Waals surface area contributed by atoms with Crippen LogP contribution in [0.2, 0.25) is 0 Å². The van der Waals surface area contributed by atoms with Gasteiger partial charge in [-0.1, -0.05) is 25.1 Å². The van der Waals surface area contributed by atoms with Crippen molar-refractivity contribution >= 4 is 16.7 Å². The summed E-state index contributed by atoms with van der Waals surface area (Å²) in [6, 6.07) is 9.73. The molecule has 1 aliphatic carbocycles. The molecule has 0 atom stereocenters. The molecule has 1 fully saturated rings. The molecule has 1 aromatic heterocycles. The fourth-order valence-corrected chi connectivity index (χ4v) is 2.89. The Morgan fingerprint density at radius 1 is 1.24 bits per heavy atom. The Balaban J connectivity index is 1.92. The van der Waals surface area contributed by atoms with Gasteiger partial charge in [0.2, 0.25) is 5.88 Å². The molecule has 0 saturated heterocycles. The van der Waals surface area contributed by atoms with Crippen LogP contribution >= 0.6 is 0 Å². The summed E-state index contributed by atoms with van der Waals surface area (Å²) in [6.07, 6.45) is 4.66. The Bertz CT molecular complexity index is 660. The van der Waals surface area contributed by atoms with Crippen molar-refractivity contribution in [2.45, 2.75) is 38.7 Å². The molecule has 3 N–H and O–H groups in total. The highest BCUT2D eigenvalue weighted by Gasteiger charge is 2.22. The summed E-state index contributed by atoms with van der Waals surface area (Å²) in [7, 11) is 0. The van der Waals surface area contributed by atoms with Gasteiger partial charge in [0.05, 0.1) is 11.1 Å². The van der Waals surface area contributed by atoms with E-state index in [9.17, 15) is 0 Å². The second kappa shape index (κ2) is 5.72. The molecular formula is C17H21N3O. The summed E-state index contributed by atoms with van der Waals surface area (Å²) in [6.45, 7) is 2.28. The van der Waals surface area contributed by atoms with Crippen LogP contribution in [0.5, 0.6) is 5.88 Å². The molecule has 0 radical (unpaired) electrons. The van der Waals surface area contributed by atoms with Gasteiger partial charge in [-0.2, -0.15) is 0 Å². The number of nitrogens with two attached hydrogens (primary N) is 1. The van der Waals surface area contributed by atoms with Crippen LogP contribution < -0.4 is 10.5 Å². The predicted molar refractivity (Wildman–Crippen MR) is 84.8 cm³/mol. The summed E-state index contributed by atoms with van der Waals surface area (Å²) in [4.78, 5) is 4.57. The van der Waals surface area contributed by atoms with Crippen LogP contribution in [0.25, 0.3) is 10.9 Å². The zero-order chi connectivity index (χ0) is 14.8. The fourth-order valence-electron chi connectivity index (χ4n) is 2.89. The minimum absolute atomic E-state index is 0.00688. The first-order valence-electron chi connectivity index (χ1n) is 7.54. The number of ether oxygens (including phenoxy) is 1. The lowest BCUT2D eigenvalue weighted by Gasteiger charge is -2.27. The molecule has 0 aliphatic heterocycles. The third kappa shape index (κ3) is 2.99. The molecular weight excluding hydrogens is 262 g/mol. The third-order valence-electron chi connectivity index (χ3n) is 4.22. The van der Waals surface area contributed by atoms with Crippen LogP contribution in [-0.2, 0) is 0 Å². The molecule has 1 aliphatic rings. The first-order valence-corrected chi connectivity index (χ1v) is 7.54. The van der Waals surface area contributed by atoms with Crippen molar-refractivity contribution in [3.63, 3.8) is 0 Å². The number of benzene rings is 1. The number of aromatic nitrogens is 1. The van der Waals surface area contributed by atoms with Gasteiger partial charge in [0, 0.05) is 5.39 Å². The molecule has 0 unspecified atom stereocenters. The average Bonchev–Trinajstić information content (AvgIpc) is 2.48. The monoisotopic (exact) mass is 283 g/mol. The lowest BCUT2D eigenvalue weighted by Crippen LogP contribution is -2.25. The largest absolute Gasteiger partial charge is 0.474 e. The van der Waals surface area contributed by atoms with Crippen LogP contribution in [-0.4, -0.2) is 16.9 Å². The van der Waals surface area contributed by atoms with E-state index in [1.807, 2.05) is 30.3 Å². The molecule has 2 aromatic rings. The zero-order valence-electron chi connectivity index (χ0n) is 12.3. The van der Waals surface area contributed by atoms with Crippen LogP contribution in [0.15, 0.2) is 30.3 Å². The van der Waals surface area contributed by atoms with Crippen molar-refractivity contribution in [2.75, 3.05) is 0 Å². The smallest absolute Gasteiger partial charge is 0.225 e. The van der Waals surface area contributed by atoms with E-state index < -0.39 is 0 Å². The van der Waals surface area contributed by atoms with Gasteiger partial charge >= 0.3 is 0 Å². The van der Waals surface area contributed by atoms with E-state index in [1.165, 1.54) is 12.8 Å². The highest BCUT2D eigenvalue weighted by molar-refractivity contribution is 6.00. The zero-order valence-corrected chi connectivity index (χ0v) is 12.3. The minimum atomic E-state index is 0.00688. The van der Waals surface area contributed by atoms with Gasteiger partial charge in [0.25, 0.3) is 0 Å². The topological polar surface area (TPSA) is 72.0 Å². The number of pyridine rings is 1. The normalized spacial score (nSPS) is 22.1. The van der Waals surface area contributed by atoms with Crippen LogP contribution in [0.4, 0.5) is 0 Å². The van der Waals surface area contributed by atoms with E-state index in [-0.39, 0.29) is 11.9 Å². The Morgan fingerprint density at radius 3 is 2.67 bits per heavy atom. The Labute approximate surface area is 124 Å². The van der Waals surface area contributed by atoms with Crippen LogP contribution in [0.3, 0.4) is 0 Å². The van der Waals surface area contributed by atoms with Gasteiger partial charge in [-0.15, -0.1) is 0 Å². The predicted octanol–water partition coefficient (Wildman–Crippen LogP) is 3.48. The first kappa shape index (κ1) is 13.9. The molecule has 1 saturated carbocycles. The van der Waals surface area contributed by atoms with E-state index in [1.54, 1.807) is 0 Å². The second-order valence-corrected chi connectivity index (χ2v) is 5.95. The fraction of sp³-hybridized carbons (Fsp3) is 0.412. The first-order chi connectivity index (χ1) is 10.1. The minimum Gasteiger partial charge on any atom is -0.474 e. The Kier molecular flexibility index (Phi) is 3.78. The van der Waals surface area contributed by atoms with E-state index in [2.05, 4.69) is 11.9 Å². The number of amidine groups is 1. The molecule has 110 valence electrons. The van der Waals surface area contributed by atoms with Crippen molar-refractivity contribution in [1.29, 1.82) is 5.41 Å². The van der Waals surface area contributed by atoms with Crippen molar-refractivity contribution in [1.82, 2.24) is 4.98 Å². The molecule has 0 bridgehead atoms. The second-order valence-electron chi connectivity index (χ2n) is 5.95. The van der Waals surface area contributed by atoms with Crippen molar-refractivity contribution < 1.29 is 4.74 Å². The highest BCUT2D eigenvalue weighted by Crippen LogP contribution is 2.29. The number of hydrogen-bond donors (Lipinski definition) is 2. The van der Waals surface area contributed by atoms with Crippen molar-refractivity contribution in [3.8, 4) is 5.88 Å². The molecule has 4 nitrogen and oxygen atoms in total. The van der Waals surface area contributed by atoms with Crippen molar-refractivity contribution in [2.24, 2.45) is 11.7 Å². The number of hydrogen-bond acceptors (Lipinski definition) is 3. The molecule has 0 spiro atoms. The average molecular weight is 283 g/mol. The standard InChI is InChI=1S/C17H21N3O/c1-11-6-8-13(9-7-11)21-17-14(16(18)19)10-12-4-2-3-5-15(12)20-17/h2-5,10-11,13H,6-9H2,1H3,(H3,18,19). The van der Waals surface area contributed by atoms with Gasteiger partial charge in [-0.3, -0.25) is 5.41 Å².